The molecule has 146 valence electrons. The molecule has 0 spiro atoms. The van der Waals surface area contributed by atoms with Gasteiger partial charge in [-0.1, -0.05) is 30.3 Å². The number of benzene rings is 2. The minimum atomic E-state index is -0.0778. The Labute approximate surface area is 182 Å². The normalized spacial score (nSPS) is 10.7. The number of hydrogen-bond donors (Lipinski definition) is 3. The van der Waals surface area contributed by atoms with Crippen molar-refractivity contribution in [3.05, 3.63) is 65.7 Å². The summed E-state index contributed by atoms with van der Waals surface area (Å²) in [6, 6.07) is 17.9. The van der Waals surface area contributed by atoms with E-state index in [0.717, 1.165) is 30.4 Å². The van der Waals surface area contributed by atoms with E-state index in [0.29, 0.717) is 12.1 Å². The first-order chi connectivity index (χ1) is 12.7. The minimum Gasteiger partial charge on any atom is -0.357 e. The number of hydrogen-bond acceptors (Lipinski definition) is 3. The van der Waals surface area contributed by atoms with Crippen LogP contribution in [0.4, 0.5) is 0 Å². The Morgan fingerprint density at radius 2 is 1.74 bits per heavy atom. The van der Waals surface area contributed by atoms with Crippen molar-refractivity contribution in [2.24, 2.45) is 4.99 Å². The fraction of sp³-hybridized carbons (Fsp3) is 0.300. The van der Waals surface area contributed by atoms with Crippen LogP contribution in [0.3, 0.4) is 0 Å². The molecule has 3 N–H and O–H groups in total. The average Bonchev–Trinajstić information content (AvgIpc) is 2.70. The van der Waals surface area contributed by atoms with Gasteiger partial charge in [-0.15, -0.1) is 35.7 Å². The highest BCUT2D eigenvalue weighted by molar-refractivity contribution is 14.0. The molecule has 27 heavy (non-hydrogen) atoms. The van der Waals surface area contributed by atoms with Crippen LogP contribution >= 0.6 is 35.7 Å². The predicted octanol–water partition coefficient (Wildman–Crippen LogP) is 3.51. The molecule has 0 fully saturated rings. The lowest BCUT2D eigenvalue weighted by Crippen LogP contribution is -2.38. The molecule has 2 aromatic rings. The lowest BCUT2D eigenvalue weighted by Gasteiger charge is -2.11. The van der Waals surface area contributed by atoms with Crippen LogP contribution < -0.4 is 16.0 Å². The molecule has 0 radical (unpaired) electrons. The molecule has 0 saturated carbocycles. The summed E-state index contributed by atoms with van der Waals surface area (Å²) in [5.74, 6) is 1.69. The number of amides is 1. The Balaban J connectivity index is 0.00000364. The van der Waals surface area contributed by atoms with Crippen molar-refractivity contribution in [3.8, 4) is 0 Å². The first-order valence-electron chi connectivity index (χ1n) is 8.74. The number of guanidine groups is 1. The van der Waals surface area contributed by atoms with Crippen molar-refractivity contribution < 1.29 is 4.79 Å². The summed E-state index contributed by atoms with van der Waals surface area (Å²) < 4.78 is 0. The third-order valence-electron chi connectivity index (χ3n) is 3.61. The van der Waals surface area contributed by atoms with Crippen LogP contribution in [-0.2, 0) is 6.54 Å². The maximum Gasteiger partial charge on any atom is 0.251 e. The molecule has 1 amide bonds. The molecule has 0 unspecified atom stereocenters. The van der Waals surface area contributed by atoms with Crippen molar-refractivity contribution in [2.75, 3.05) is 25.9 Å². The highest BCUT2D eigenvalue weighted by Gasteiger charge is 2.02. The van der Waals surface area contributed by atoms with E-state index in [1.165, 1.54) is 4.90 Å². The minimum absolute atomic E-state index is 0. The Hall–Kier alpha value is -1.74. The van der Waals surface area contributed by atoms with Gasteiger partial charge >= 0.3 is 0 Å². The molecule has 0 aliphatic carbocycles. The van der Waals surface area contributed by atoms with E-state index >= 15 is 0 Å². The van der Waals surface area contributed by atoms with Gasteiger partial charge in [-0.25, -0.2) is 4.99 Å². The topological polar surface area (TPSA) is 65.5 Å². The van der Waals surface area contributed by atoms with Crippen molar-refractivity contribution in [1.29, 1.82) is 0 Å². The number of rotatable bonds is 8. The predicted molar refractivity (Wildman–Crippen MR) is 125 cm³/mol. The number of nitrogens with zero attached hydrogens (tertiary/aromatic N) is 1. The van der Waals surface area contributed by atoms with E-state index in [1.807, 2.05) is 49.0 Å². The van der Waals surface area contributed by atoms with Crippen LogP contribution in [-0.4, -0.2) is 37.8 Å². The van der Waals surface area contributed by atoms with Gasteiger partial charge in [0.15, 0.2) is 5.96 Å². The molecule has 2 aromatic carbocycles. The van der Waals surface area contributed by atoms with Gasteiger partial charge in [0.25, 0.3) is 5.91 Å². The number of carbonyl (C=O) groups is 1. The van der Waals surface area contributed by atoms with Gasteiger partial charge in [-0.2, -0.15) is 0 Å². The summed E-state index contributed by atoms with van der Waals surface area (Å²) in [5.41, 5.74) is 1.72. The van der Waals surface area contributed by atoms with E-state index in [-0.39, 0.29) is 29.9 Å². The van der Waals surface area contributed by atoms with Crippen LogP contribution in [0.5, 0.6) is 0 Å². The SMILES string of the molecule is CCNC(=NCc1ccc(C(=O)NC)cc1)NCCSc1ccccc1.I. The van der Waals surface area contributed by atoms with E-state index in [2.05, 4.69) is 45.2 Å². The van der Waals surface area contributed by atoms with E-state index in [1.54, 1.807) is 7.05 Å². The zero-order chi connectivity index (χ0) is 18.6. The molecule has 0 bridgehead atoms. The zero-order valence-electron chi connectivity index (χ0n) is 15.7. The first-order valence-corrected chi connectivity index (χ1v) is 9.72. The Morgan fingerprint density at radius 1 is 1.04 bits per heavy atom. The van der Waals surface area contributed by atoms with Crippen molar-refractivity contribution in [3.63, 3.8) is 0 Å². The summed E-state index contributed by atoms with van der Waals surface area (Å²) in [4.78, 5) is 17.4. The van der Waals surface area contributed by atoms with Crippen LogP contribution in [0.1, 0.15) is 22.8 Å². The summed E-state index contributed by atoms with van der Waals surface area (Å²) >= 11 is 1.82. The fourth-order valence-corrected chi connectivity index (χ4v) is 3.06. The number of carbonyl (C=O) groups excluding carboxylic acids is 1. The fourth-order valence-electron chi connectivity index (χ4n) is 2.27. The van der Waals surface area contributed by atoms with E-state index < -0.39 is 0 Å². The first kappa shape index (κ1) is 23.3. The molecule has 0 heterocycles. The number of nitrogens with one attached hydrogen (secondary N) is 3. The van der Waals surface area contributed by atoms with Crippen molar-refractivity contribution >= 4 is 47.6 Å². The van der Waals surface area contributed by atoms with Gasteiger partial charge in [0.1, 0.15) is 0 Å². The molecular weight excluding hydrogens is 471 g/mol. The maximum absolute atomic E-state index is 11.6. The van der Waals surface area contributed by atoms with Crippen LogP contribution in [0.2, 0.25) is 0 Å². The van der Waals surface area contributed by atoms with Gasteiger partial charge in [-0.3, -0.25) is 4.79 Å². The Morgan fingerprint density at radius 3 is 2.37 bits per heavy atom. The smallest absolute Gasteiger partial charge is 0.251 e. The second kappa shape index (κ2) is 13.4. The molecule has 0 aliphatic heterocycles. The molecular formula is C20H27IN4OS. The summed E-state index contributed by atoms with van der Waals surface area (Å²) in [6.07, 6.45) is 0. The molecule has 0 aliphatic rings. The van der Waals surface area contributed by atoms with E-state index in [9.17, 15) is 4.79 Å². The van der Waals surface area contributed by atoms with Crippen LogP contribution in [0, 0.1) is 0 Å². The van der Waals surface area contributed by atoms with Gasteiger partial charge in [0.2, 0.25) is 0 Å². The largest absolute Gasteiger partial charge is 0.357 e. The maximum atomic E-state index is 11.6. The molecule has 0 saturated heterocycles. The number of aliphatic imine (C=N–C) groups is 1. The molecule has 7 heteroatoms. The number of halogens is 1. The van der Waals surface area contributed by atoms with Gasteiger partial charge < -0.3 is 16.0 Å². The quantitative estimate of drug-likeness (QED) is 0.171. The second-order valence-corrected chi connectivity index (χ2v) is 6.73. The summed E-state index contributed by atoms with van der Waals surface area (Å²) in [5, 5.41) is 9.23. The lowest BCUT2D eigenvalue weighted by atomic mass is 10.1. The highest BCUT2D eigenvalue weighted by Crippen LogP contribution is 2.15. The van der Waals surface area contributed by atoms with Gasteiger partial charge in [0, 0.05) is 36.3 Å². The second-order valence-electron chi connectivity index (χ2n) is 5.56. The lowest BCUT2D eigenvalue weighted by molar-refractivity contribution is 0.0963. The van der Waals surface area contributed by atoms with Crippen LogP contribution in [0.25, 0.3) is 0 Å². The standard InChI is InChI=1S/C20H26N4OS.HI/c1-3-22-20(23-13-14-26-18-7-5-4-6-8-18)24-15-16-9-11-17(12-10-16)19(25)21-2;/h4-12H,3,13-15H2,1-2H3,(H,21,25)(H2,22,23,24);1H. The molecule has 0 atom stereocenters. The highest BCUT2D eigenvalue weighted by atomic mass is 127. The van der Waals surface area contributed by atoms with Crippen LogP contribution in [0.15, 0.2) is 64.5 Å². The Bertz CT molecular complexity index is 708. The summed E-state index contributed by atoms with van der Waals surface area (Å²) in [7, 11) is 1.63. The average molecular weight is 498 g/mol. The third kappa shape index (κ3) is 8.66. The third-order valence-corrected chi connectivity index (χ3v) is 4.63. The summed E-state index contributed by atoms with van der Waals surface area (Å²) in [6.45, 7) is 4.26. The monoisotopic (exact) mass is 498 g/mol. The van der Waals surface area contributed by atoms with Crippen molar-refractivity contribution in [1.82, 2.24) is 16.0 Å². The molecule has 0 aromatic heterocycles. The van der Waals surface area contributed by atoms with Gasteiger partial charge in [0.05, 0.1) is 6.54 Å². The molecule has 2 rings (SSSR count). The van der Waals surface area contributed by atoms with E-state index in [4.69, 9.17) is 0 Å². The zero-order valence-corrected chi connectivity index (χ0v) is 18.8. The Kier molecular flexibility index (Phi) is 11.6. The van der Waals surface area contributed by atoms with Gasteiger partial charge in [-0.05, 0) is 36.8 Å². The van der Waals surface area contributed by atoms with Crippen molar-refractivity contribution in [2.45, 2.75) is 18.4 Å². The number of thioether (sulfide) groups is 1. The molecule has 5 nitrogen and oxygen atoms in total.